The average molecular weight is 376 g/mol. The third-order valence-corrected chi connectivity index (χ3v) is 4.79. The average Bonchev–Trinajstić information content (AvgIpc) is 3.28. The monoisotopic (exact) mass is 376 g/mol. The number of sulfonamides is 1. The number of hydrogen-bond donors (Lipinski definition) is 1. The van der Waals surface area contributed by atoms with E-state index in [0.29, 0.717) is 35.3 Å². The molecule has 1 aromatic carbocycles. The first-order chi connectivity index (χ1) is 12.4. The fourth-order valence-electron chi connectivity index (χ4n) is 2.55. The summed E-state index contributed by atoms with van der Waals surface area (Å²) in [6.07, 6.45) is 3.42. The molecule has 26 heavy (non-hydrogen) atoms. The van der Waals surface area contributed by atoms with E-state index in [-0.39, 0.29) is 4.90 Å². The molecule has 2 aromatic heterocycles. The van der Waals surface area contributed by atoms with E-state index in [9.17, 15) is 8.42 Å². The molecule has 0 amide bonds. The Hall–Kier alpha value is -2.65. The van der Waals surface area contributed by atoms with E-state index in [1.807, 2.05) is 0 Å². The Kier molecular flexibility index (Phi) is 5.10. The van der Waals surface area contributed by atoms with Crippen molar-refractivity contribution in [3.05, 3.63) is 36.6 Å². The Labute approximate surface area is 151 Å². The van der Waals surface area contributed by atoms with E-state index < -0.39 is 10.0 Å². The first-order valence-corrected chi connectivity index (χ1v) is 9.68. The Bertz CT molecular complexity index is 994. The summed E-state index contributed by atoms with van der Waals surface area (Å²) in [7, 11) is -2.35. The number of hydrogen-bond acceptors (Lipinski definition) is 6. The van der Waals surface area contributed by atoms with Gasteiger partial charge in [-0.2, -0.15) is 0 Å². The summed E-state index contributed by atoms with van der Waals surface area (Å²) in [5.41, 5.74) is 0.500. The largest absolute Gasteiger partial charge is 0.496 e. The highest BCUT2D eigenvalue weighted by Crippen LogP contribution is 2.32. The molecule has 138 valence electrons. The molecule has 0 atom stereocenters. The number of primary sulfonamides is 1. The lowest BCUT2D eigenvalue weighted by Gasteiger charge is -2.11. The summed E-state index contributed by atoms with van der Waals surface area (Å²) < 4.78 is 36.0. The molecule has 0 unspecified atom stereocenters. The highest BCUT2D eigenvalue weighted by Gasteiger charge is 2.20. The second-order valence-corrected chi connectivity index (χ2v) is 7.28. The molecule has 0 aliphatic heterocycles. The van der Waals surface area contributed by atoms with Crippen molar-refractivity contribution in [2.75, 3.05) is 7.11 Å². The minimum absolute atomic E-state index is 0.0158. The smallest absolute Gasteiger partial charge is 0.238 e. The van der Waals surface area contributed by atoms with Gasteiger partial charge in [-0.25, -0.2) is 23.2 Å². The van der Waals surface area contributed by atoms with Crippen LogP contribution in [0.5, 0.6) is 5.75 Å². The molecule has 0 aliphatic rings. The summed E-state index contributed by atoms with van der Waals surface area (Å²) >= 11 is 0. The maximum Gasteiger partial charge on any atom is 0.238 e. The van der Waals surface area contributed by atoms with Crippen molar-refractivity contribution >= 4 is 10.0 Å². The summed E-state index contributed by atoms with van der Waals surface area (Å²) in [5.74, 6) is 1.92. The quantitative estimate of drug-likeness (QED) is 0.678. The van der Waals surface area contributed by atoms with Crippen LogP contribution in [0.25, 0.3) is 23.0 Å². The van der Waals surface area contributed by atoms with Crippen LogP contribution in [0.2, 0.25) is 0 Å². The van der Waals surface area contributed by atoms with Gasteiger partial charge >= 0.3 is 0 Å². The lowest BCUT2D eigenvalue weighted by atomic mass is 10.2. The Morgan fingerprint density at radius 3 is 2.73 bits per heavy atom. The number of methoxy groups -OCH3 is 1. The fourth-order valence-corrected chi connectivity index (χ4v) is 3.09. The fraction of sp³-hybridized carbons (Fsp3) is 0.294. The van der Waals surface area contributed by atoms with Gasteiger partial charge in [-0.1, -0.05) is 13.3 Å². The molecule has 0 radical (unpaired) electrons. The van der Waals surface area contributed by atoms with Crippen LogP contribution in [0.15, 0.2) is 45.9 Å². The number of nitrogens with zero attached hydrogens (tertiary/aromatic N) is 3. The predicted molar refractivity (Wildman–Crippen MR) is 96.0 cm³/mol. The van der Waals surface area contributed by atoms with Crippen LogP contribution in [-0.4, -0.2) is 30.3 Å². The summed E-state index contributed by atoms with van der Waals surface area (Å²) in [6, 6.07) is 7.93. The van der Waals surface area contributed by atoms with Gasteiger partial charge in [0.1, 0.15) is 5.75 Å². The Morgan fingerprint density at radius 1 is 1.31 bits per heavy atom. The highest BCUT2D eigenvalue weighted by molar-refractivity contribution is 7.89. The lowest BCUT2D eigenvalue weighted by molar-refractivity contribution is 0.415. The van der Waals surface area contributed by atoms with Gasteiger partial charge in [0.05, 0.1) is 23.8 Å². The maximum atomic E-state index is 11.7. The molecule has 0 fully saturated rings. The van der Waals surface area contributed by atoms with Crippen LogP contribution in [0.1, 0.15) is 19.8 Å². The van der Waals surface area contributed by atoms with E-state index >= 15 is 0 Å². The number of aryl methyl sites for hydroxylation is 1. The molecule has 0 saturated carbocycles. The molecule has 3 aromatic rings. The van der Waals surface area contributed by atoms with Gasteiger partial charge in [-0.05, 0) is 36.8 Å². The number of aromatic nitrogens is 3. The molecular weight excluding hydrogens is 356 g/mol. The molecule has 0 spiro atoms. The van der Waals surface area contributed by atoms with Crippen molar-refractivity contribution < 1.29 is 17.6 Å². The minimum atomic E-state index is -3.86. The molecule has 0 aliphatic carbocycles. The van der Waals surface area contributed by atoms with Crippen molar-refractivity contribution in [2.45, 2.75) is 31.2 Å². The van der Waals surface area contributed by atoms with E-state index in [1.54, 1.807) is 29.1 Å². The predicted octanol–water partition coefficient (Wildman–Crippen LogP) is 2.66. The third kappa shape index (κ3) is 3.63. The molecular formula is C17H20N4O4S. The first-order valence-electron chi connectivity index (χ1n) is 8.14. The minimum Gasteiger partial charge on any atom is -0.496 e. The molecule has 9 heteroatoms. The van der Waals surface area contributed by atoms with Crippen molar-refractivity contribution in [1.29, 1.82) is 0 Å². The number of furan rings is 1. The van der Waals surface area contributed by atoms with Crippen molar-refractivity contribution in [3.63, 3.8) is 0 Å². The van der Waals surface area contributed by atoms with E-state index in [4.69, 9.17) is 14.3 Å². The van der Waals surface area contributed by atoms with Gasteiger partial charge in [0, 0.05) is 6.54 Å². The number of benzene rings is 1. The third-order valence-electron chi connectivity index (χ3n) is 3.88. The van der Waals surface area contributed by atoms with Crippen molar-refractivity contribution in [1.82, 2.24) is 14.8 Å². The Morgan fingerprint density at radius 2 is 2.12 bits per heavy atom. The van der Waals surface area contributed by atoms with Crippen LogP contribution >= 0.6 is 0 Å². The van der Waals surface area contributed by atoms with E-state index in [0.717, 1.165) is 12.8 Å². The highest BCUT2D eigenvalue weighted by atomic mass is 32.2. The van der Waals surface area contributed by atoms with Gasteiger partial charge in [-0.15, -0.1) is 5.10 Å². The van der Waals surface area contributed by atoms with E-state index in [1.165, 1.54) is 19.2 Å². The SMILES string of the molecule is CCCCn1nc(-c2ccco2)nc1-c1cc(S(N)(=O)=O)ccc1OC. The van der Waals surface area contributed by atoms with Gasteiger partial charge in [0.15, 0.2) is 11.6 Å². The number of unbranched alkanes of at least 4 members (excludes halogenated alkanes) is 1. The molecule has 0 saturated heterocycles. The zero-order valence-corrected chi connectivity index (χ0v) is 15.4. The molecule has 0 bridgehead atoms. The van der Waals surface area contributed by atoms with Gasteiger partial charge in [0.25, 0.3) is 0 Å². The van der Waals surface area contributed by atoms with Gasteiger partial charge in [0.2, 0.25) is 15.8 Å². The summed E-state index contributed by atoms with van der Waals surface area (Å²) in [5, 5.41) is 9.78. The normalized spacial score (nSPS) is 11.7. The van der Waals surface area contributed by atoms with Crippen LogP contribution in [-0.2, 0) is 16.6 Å². The van der Waals surface area contributed by atoms with Gasteiger partial charge in [-0.3, -0.25) is 0 Å². The van der Waals surface area contributed by atoms with Gasteiger partial charge < -0.3 is 9.15 Å². The van der Waals surface area contributed by atoms with Crippen LogP contribution in [0.3, 0.4) is 0 Å². The molecule has 2 heterocycles. The zero-order chi connectivity index (χ0) is 18.7. The molecule has 3 rings (SSSR count). The lowest BCUT2D eigenvalue weighted by Crippen LogP contribution is -2.12. The second-order valence-electron chi connectivity index (χ2n) is 5.72. The van der Waals surface area contributed by atoms with Crippen LogP contribution in [0.4, 0.5) is 0 Å². The maximum absolute atomic E-state index is 11.7. The summed E-state index contributed by atoms with van der Waals surface area (Å²) in [4.78, 5) is 4.53. The Balaban J connectivity index is 2.18. The summed E-state index contributed by atoms with van der Waals surface area (Å²) in [6.45, 7) is 2.70. The standard InChI is InChI=1S/C17H20N4O4S/c1-3-4-9-21-17(19-16(20-21)15-6-5-10-25-15)13-11-12(26(18,22)23)7-8-14(13)24-2/h5-8,10-11H,3-4,9H2,1-2H3,(H2,18,22,23). The number of rotatable bonds is 7. The zero-order valence-electron chi connectivity index (χ0n) is 14.5. The topological polar surface area (TPSA) is 113 Å². The van der Waals surface area contributed by atoms with Crippen molar-refractivity contribution in [2.24, 2.45) is 5.14 Å². The molecule has 2 N–H and O–H groups in total. The second kappa shape index (κ2) is 7.30. The van der Waals surface area contributed by atoms with E-state index in [2.05, 4.69) is 17.0 Å². The van der Waals surface area contributed by atoms with Crippen LogP contribution in [0, 0.1) is 0 Å². The number of nitrogens with two attached hydrogens (primary N) is 1. The first kappa shape index (κ1) is 18.2. The van der Waals surface area contributed by atoms with Crippen LogP contribution < -0.4 is 9.88 Å². The van der Waals surface area contributed by atoms with Crippen molar-refractivity contribution in [3.8, 4) is 28.7 Å². The molecule has 8 nitrogen and oxygen atoms in total. The number of ether oxygens (including phenoxy) is 1.